The number of hydrogen-bond donors (Lipinski definition) is 2. The molecule has 0 aliphatic heterocycles. The Labute approximate surface area is 179 Å². The van der Waals surface area contributed by atoms with Crippen molar-refractivity contribution in [1.29, 1.82) is 0 Å². The number of aromatic nitrogens is 1. The number of carbonyl (C=O) groups is 1. The van der Waals surface area contributed by atoms with Crippen molar-refractivity contribution in [2.24, 2.45) is 5.73 Å². The minimum atomic E-state index is -4.53. The molecule has 0 radical (unpaired) electrons. The van der Waals surface area contributed by atoms with Crippen LogP contribution in [-0.4, -0.2) is 11.0 Å². The van der Waals surface area contributed by atoms with Crippen molar-refractivity contribution in [3.05, 3.63) is 71.2 Å². The fraction of sp³-hybridized carbons (Fsp3) is 0.0909. The first kappa shape index (κ1) is 20.7. The number of urea groups is 1. The predicted molar refractivity (Wildman–Crippen MR) is 117 cm³/mol. The van der Waals surface area contributed by atoms with Crippen molar-refractivity contribution in [2.75, 3.05) is 10.6 Å². The third-order valence-electron chi connectivity index (χ3n) is 4.87. The Morgan fingerprint density at radius 1 is 1.06 bits per heavy atom. The zero-order valence-corrected chi connectivity index (χ0v) is 17.1. The van der Waals surface area contributed by atoms with Crippen molar-refractivity contribution in [1.82, 2.24) is 4.98 Å². The Morgan fingerprint density at radius 2 is 1.77 bits per heavy atom. The molecule has 0 atom stereocenters. The van der Waals surface area contributed by atoms with Crippen LogP contribution in [0.15, 0.2) is 60.8 Å². The molecule has 0 saturated carbocycles. The van der Waals surface area contributed by atoms with Crippen LogP contribution in [0.25, 0.3) is 21.2 Å². The van der Waals surface area contributed by atoms with E-state index >= 15 is 0 Å². The molecule has 2 aromatic carbocycles. The topological polar surface area (TPSA) is 85.2 Å². The zero-order valence-electron chi connectivity index (χ0n) is 16.3. The van der Waals surface area contributed by atoms with E-state index < -0.39 is 17.8 Å². The first-order valence-electron chi connectivity index (χ1n) is 9.17. The molecule has 0 fully saturated rings. The first-order chi connectivity index (χ1) is 14.7. The maximum atomic E-state index is 13.1. The Kier molecular flexibility index (Phi) is 5.06. The smallest absolute Gasteiger partial charge is 0.383 e. The van der Waals surface area contributed by atoms with Gasteiger partial charge in [-0.25, -0.2) is 9.78 Å². The normalized spacial score (nSPS) is 11.6. The average molecular weight is 442 g/mol. The van der Waals surface area contributed by atoms with Crippen molar-refractivity contribution in [3.8, 4) is 11.1 Å². The van der Waals surface area contributed by atoms with Gasteiger partial charge < -0.3 is 11.5 Å². The quantitative estimate of drug-likeness (QED) is 0.403. The van der Waals surface area contributed by atoms with Gasteiger partial charge in [0.05, 0.1) is 16.9 Å². The molecule has 2 aromatic heterocycles. The number of benzene rings is 2. The molecule has 0 aliphatic rings. The van der Waals surface area contributed by atoms with Crippen molar-refractivity contribution < 1.29 is 18.0 Å². The van der Waals surface area contributed by atoms with Crippen LogP contribution < -0.4 is 16.4 Å². The van der Waals surface area contributed by atoms with Crippen LogP contribution >= 0.6 is 11.3 Å². The molecule has 4 aromatic rings. The van der Waals surface area contributed by atoms with Gasteiger partial charge in [0.15, 0.2) is 0 Å². The molecule has 0 unspecified atom stereocenters. The summed E-state index contributed by atoms with van der Waals surface area (Å²) in [5, 5.41) is 0.849. The number of alkyl halides is 3. The number of hydrogen-bond acceptors (Lipinski definition) is 4. The van der Waals surface area contributed by atoms with Crippen LogP contribution in [0.5, 0.6) is 0 Å². The van der Waals surface area contributed by atoms with Crippen molar-refractivity contribution in [2.45, 2.75) is 13.1 Å². The number of thiophene rings is 1. The van der Waals surface area contributed by atoms with E-state index in [-0.39, 0.29) is 5.69 Å². The number of nitrogens with two attached hydrogens (primary N) is 2. The molecule has 0 bridgehead atoms. The molecule has 31 heavy (non-hydrogen) atoms. The van der Waals surface area contributed by atoms with Crippen LogP contribution in [-0.2, 0) is 6.18 Å². The summed E-state index contributed by atoms with van der Waals surface area (Å²) < 4.78 is 40.3. The lowest BCUT2D eigenvalue weighted by Gasteiger charge is -2.22. The fourth-order valence-corrected chi connectivity index (χ4v) is 4.63. The summed E-state index contributed by atoms with van der Waals surface area (Å²) in [5.74, 6) is 0.420. The molecule has 2 heterocycles. The number of nitrogens with zero attached hydrogens (tertiary/aromatic N) is 2. The molecule has 4 N–H and O–H groups in total. The predicted octanol–water partition coefficient (Wildman–Crippen LogP) is 6.09. The maximum absolute atomic E-state index is 13.1. The SMILES string of the molecule is Cc1sc2ccnc(N)c2c1-c1ccc(N(C(N)=O)c2cccc(C(F)(F)F)c2)cc1. The Balaban J connectivity index is 1.77. The highest BCUT2D eigenvalue weighted by Crippen LogP contribution is 2.41. The summed E-state index contributed by atoms with van der Waals surface area (Å²) in [6, 6.07) is 12.3. The van der Waals surface area contributed by atoms with E-state index in [0.717, 1.165) is 43.1 Å². The Bertz CT molecular complexity index is 1280. The maximum Gasteiger partial charge on any atom is 0.416 e. The van der Waals surface area contributed by atoms with E-state index in [2.05, 4.69) is 4.98 Å². The largest absolute Gasteiger partial charge is 0.416 e. The molecule has 9 heteroatoms. The summed E-state index contributed by atoms with van der Waals surface area (Å²) in [6.45, 7) is 1.98. The van der Waals surface area contributed by atoms with E-state index in [4.69, 9.17) is 11.5 Å². The van der Waals surface area contributed by atoms with Crippen LogP contribution in [0.3, 0.4) is 0 Å². The van der Waals surface area contributed by atoms with Crippen LogP contribution in [0.1, 0.15) is 10.4 Å². The highest BCUT2D eigenvalue weighted by Gasteiger charge is 2.31. The highest BCUT2D eigenvalue weighted by molar-refractivity contribution is 7.19. The number of primary amides is 1. The Hall–Kier alpha value is -3.59. The van der Waals surface area contributed by atoms with Crippen molar-refractivity contribution in [3.63, 3.8) is 0 Å². The van der Waals surface area contributed by atoms with Gasteiger partial charge in [0, 0.05) is 26.7 Å². The van der Waals surface area contributed by atoms with Gasteiger partial charge in [-0.2, -0.15) is 13.2 Å². The van der Waals surface area contributed by atoms with Gasteiger partial charge in [-0.1, -0.05) is 18.2 Å². The minimum absolute atomic E-state index is 0.0284. The second-order valence-electron chi connectivity index (χ2n) is 6.87. The molecule has 158 valence electrons. The number of anilines is 3. The number of aryl methyl sites for hydroxylation is 1. The van der Waals surface area contributed by atoms with Gasteiger partial charge in [0.25, 0.3) is 0 Å². The Morgan fingerprint density at radius 3 is 2.42 bits per heavy atom. The van der Waals surface area contributed by atoms with Gasteiger partial charge in [-0.3, -0.25) is 4.90 Å². The summed E-state index contributed by atoms with van der Waals surface area (Å²) in [4.78, 5) is 18.3. The highest BCUT2D eigenvalue weighted by atomic mass is 32.1. The van der Waals surface area contributed by atoms with Gasteiger partial charge in [-0.05, 0) is 48.9 Å². The third-order valence-corrected chi connectivity index (χ3v) is 5.94. The van der Waals surface area contributed by atoms with Gasteiger partial charge in [0.1, 0.15) is 5.82 Å². The lowest BCUT2D eigenvalue weighted by Crippen LogP contribution is -2.31. The lowest BCUT2D eigenvalue weighted by molar-refractivity contribution is -0.137. The van der Waals surface area contributed by atoms with Gasteiger partial charge in [-0.15, -0.1) is 11.3 Å². The van der Waals surface area contributed by atoms with Crippen molar-refractivity contribution >= 4 is 44.6 Å². The molecule has 5 nitrogen and oxygen atoms in total. The number of fused-ring (bicyclic) bond motifs is 1. The molecule has 2 amide bonds. The van der Waals surface area contributed by atoms with Gasteiger partial charge >= 0.3 is 12.2 Å². The second kappa shape index (κ2) is 7.59. The average Bonchev–Trinajstić information content (AvgIpc) is 3.05. The number of nitrogen functional groups attached to an aromatic ring is 1. The second-order valence-corrected chi connectivity index (χ2v) is 8.13. The number of halogens is 3. The van der Waals surface area contributed by atoms with Gasteiger partial charge in [0.2, 0.25) is 0 Å². The molecule has 0 aliphatic carbocycles. The molecule has 4 rings (SSSR count). The lowest BCUT2D eigenvalue weighted by atomic mass is 10.0. The fourth-order valence-electron chi connectivity index (χ4n) is 3.54. The zero-order chi connectivity index (χ0) is 22.3. The number of pyridine rings is 1. The van der Waals surface area contributed by atoms with E-state index in [1.165, 1.54) is 12.1 Å². The minimum Gasteiger partial charge on any atom is -0.383 e. The number of rotatable bonds is 3. The summed E-state index contributed by atoms with van der Waals surface area (Å²) in [6.07, 6.45) is -2.88. The first-order valence-corrected chi connectivity index (χ1v) is 9.99. The van der Waals surface area contributed by atoms with E-state index in [0.29, 0.717) is 11.5 Å². The molecule has 0 spiro atoms. The van der Waals surface area contributed by atoms with Crippen LogP contribution in [0, 0.1) is 6.92 Å². The summed E-state index contributed by atoms with van der Waals surface area (Å²) in [5.41, 5.74) is 12.9. The molecule has 0 saturated heterocycles. The molecular weight excluding hydrogens is 425 g/mol. The third kappa shape index (κ3) is 3.79. The van der Waals surface area contributed by atoms with Crippen LogP contribution in [0.2, 0.25) is 0 Å². The number of carbonyl (C=O) groups excluding carboxylic acids is 1. The summed E-state index contributed by atoms with van der Waals surface area (Å²) in [7, 11) is 0. The standard InChI is InChI=1S/C22H17F3N4OS/c1-12-18(19-17(31-12)9-10-28-20(19)26)13-5-7-15(8-6-13)29(21(27)30)16-4-2-3-14(11-16)22(23,24)25/h2-11H,1H3,(H2,26,28)(H2,27,30). The number of amides is 2. The monoisotopic (exact) mass is 442 g/mol. The molecular formula is C22H17F3N4OS. The van der Waals surface area contributed by atoms with E-state index in [9.17, 15) is 18.0 Å². The van der Waals surface area contributed by atoms with Crippen LogP contribution in [0.4, 0.5) is 35.2 Å². The van der Waals surface area contributed by atoms with E-state index in [1.807, 2.05) is 13.0 Å². The summed E-state index contributed by atoms with van der Waals surface area (Å²) >= 11 is 1.59. The van der Waals surface area contributed by atoms with E-state index in [1.54, 1.807) is 41.8 Å².